The fourth-order valence-electron chi connectivity index (χ4n) is 4.28. The summed E-state index contributed by atoms with van der Waals surface area (Å²) < 4.78 is 18.5. The van der Waals surface area contributed by atoms with E-state index in [1.54, 1.807) is 73.8 Å². The third-order valence-corrected chi connectivity index (χ3v) is 6.07. The molecule has 0 spiro atoms. The molecule has 0 aliphatic rings. The molecule has 0 amide bonds. The number of carboxylic acids is 1. The summed E-state index contributed by atoms with van der Waals surface area (Å²) in [5, 5.41) is 15.0. The highest BCUT2D eigenvalue weighted by atomic mass is 16.5. The number of benzene rings is 3. The molecule has 3 aromatic heterocycles. The Morgan fingerprint density at radius 2 is 1.76 bits per heavy atom. The van der Waals surface area contributed by atoms with Crippen molar-refractivity contribution in [3.05, 3.63) is 107 Å². The predicted molar refractivity (Wildman–Crippen MR) is 142 cm³/mol. The number of furan rings is 2. The minimum Gasteiger partial charge on any atom is -0.496 e. The first kappa shape index (κ1) is 23.0. The number of aromatic nitrogens is 2. The molecule has 0 unspecified atom stereocenters. The van der Waals surface area contributed by atoms with E-state index in [1.807, 2.05) is 12.1 Å². The van der Waals surface area contributed by atoms with Crippen molar-refractivity contribution in [1.82, 2.24) is 9.66 Å². The number of aromatic carboxylic acids is 1. The number of hydrogen-bond donors (Lipinski definition) is 1. The van der Waals surface area contributed by atoms with Crippen LogP contribution in [0.25, 0.3) is 44.8 Å². The summed E-state index contributed by atoms with van der Waals surface area (Å²) in [6, 6.07) is 24.0. The van der Waals surface area contributed by atoms with E-state index in [4.69, 9.17) is 13.6 Å². The molecule has 0 bridgehead atoms. The molecule has 0 aliphatic carbocycles. The Hall–Kier alpha value is -5.44. The standard InChI is InChI=1S/C29H19N3O6/c1-36-23-11-6-12-24-21(23)15-26(38-24)27-31-22-10-5-4-9-20(22)28(33)32(27)30-16-17-13-14-25(37-17)18-7-2-3-8-19(18)29(34)35/h2-16H,1H3,(H,34,35). The van der Waals surface area contributed by atoms with Gasteiger partial charge < -0.3 is 18.7 Å². The molecule has 1 N–H and O–H groups in total. The lowest BCUT2D eigenvalue weighted by Gasteiger charge is -2.06. The van der Waals surface area contributed by atoms with Crippen LogP contribution >= 0.6 is 0 Å². The average molecular weight is 505 g/mol. The van der Waals surface area contributed by atoms with E-state index in [0.717, 1.165) is 10.1 Å². The minimum atomic E-state index is -1.06. The van der Waals surface area contributed by atoms with Crippen molar-refractivity contribution >= 4 is 34.1 Å². The van der Waals surface area contributed by atoms with Gasteiger partial charge in [0.1, 0.15) is 22.9 Å². The van der Waals surface area contributed by atoms with Gasteiger partial charge in [-0.05, 0) is 48.5 Å². The van der Waals surface area contributed by atoms with Gasteiger partial charge in [0.2, 0.25) is 5.82 Å². The normalized spacial score (nSPS) is 11.5. The molecule has 3 aromatic carbocycles. The zero-order valence-corrected chi connectivity index (χ0v) is 20.0. The molecule has 3 heterocycles. The summed E-state index contributed by atoms with van der Waals surface area (Å²) in [7, 11) is 1.57. The Balaban J connectivity index is 1.47. The zero-order valence-electron chi connectivity index (χ0n) is 20.0. The maximum atomic E-state index is 13.5. The summed E-state index contributed by atoms with van der Waals surface area (Å²) in [4.78, 5) is 29.8. The molecule has 0 atom stereocenters. The second-order valence-corrected chi connectivity index (χ2v) is 8.35. The molecule has 38 heavy (non-hydrogen) atoms. The van der Waals surface area contributed by atoms with Crippen LogP contribution in [0.15, 0.2) is 104 Å². The maximum Gasteiger partial charge on any atom is 0.336 e. The van der Waals surface area contributed by atoms with Crippen LogP contribution in [0.5, 0.6) is 5.75 Å². The zero-order chi connectivity index (χ0) is 26.2. The first-order valence-electron chi connectivity index (χ1n) is 11.6. The Bertz CT molecular complexity index is 1930. The summed E-state index contributed by atoms with van der Waals surface area (Å²) in [5.41, 5.74) is 1.23. The van der Waals surface area contributed by atoms with Gasteiger partial charge in [0, 0.05) is 5.56 Å². The van der Waals surface area contributed by atoms with Gasteiger partial charge in [-0.2, -0.15) is 9.78 Å². The number of carboxylic acid groups (broad SMARTS) is 1. The quantitative estimate of drug-likeness (QED) is 0.290. The SMILES string of the molecule is COc1cccc2oc(-c3nc4ccccc4c(=O)n3N=Cc3ccc(-c4ccccc4C(=O)O)o3)cc12. The van der Waals surface area contributed by atoms with E-state index in [0.29, 0.717) is 45.1 Å². The van der Waals surface area contributed by atoms with Gasteiger partial charge in [-0.15, -0.1) is 0 Å². The van der Waals surface area contributed by atoms with Crippen LogP contribution in [0.4, 0.5) is 0 Å². The summed E-state index contributed by atoms with van der Waals surface area (Å²) >= 11 is 0. The van der Waals surface area contributed by atoms with Crippen LogP contribution in [0, 0.1) is 0 Å². The van der Waals surface area contributed by atoms with Crippen molar-refractivity contribution in [2.75, 3.05) is 7.11 Å². The van der Waals surface area contributed by atoms with Gasteiger partial charge in [0.05, 0.1) is 35.2 Å². The van der Waals surface area contributed by atoms with Crippen molar-refractivity contribution in [1.29, 1.82) is 0 Å². The van der Waals surface area contributed by atoms with Gasteiger partial charge in [0.15, 0.2) is 5.76 Å². The van der Waals surface area contributed by atoms with Crippen molar-refractivity contribution in [3.63, 3.8) is 0 Å². The van der Waals surface area contributed by atoms with Gasteiger partial charge in [0.25, 0.3) is 5.56 Å². The Labute approximate surface area is 214 Å². The Morgan fingerprint density at radius 1 is 0.947 bits per heavy atom. The number of carbonyl (C=O) groups is 1. The van der Waals surface area contributed by atoms with Crippen molar-refractivity contribution in [3.8, 4) is 28.7 Å². The summed E-state index contributed by atoms with van der Waals surface area (Å²) in [5.74, 6) is 0.773. The number of fused-ring (bicyclic) bond motifs is 2. The lowest BCUT2D eigenvalue weighted by atomic mass is 10.1. The van der Waals surface area contributed by atoms with Crippen LogP contribution in [-0.4, -0.2) is 34.1 Å². The van der Waals surface area contributed by atoms with Crippen molar-refractivity contribution < 1.29 is 23.5 Å². The fraction of sp³-hybridized carbons (Fsp3) is 0.0345. The molecule has 9 heteroatoms. The van der Waals surface area contributed by atoms with E-state index in [1.165, 1.54) is 12.3 Å². The van der Waals surface area contributed by atoms with Crippen LogP contribution in [0.2, 0.25) is 0 Å². The number of para-hydroxylation sites is 1. The molecule has 186 valence electrons. The minimum absolute atomic E-state index is 0.114. The van der Waals surface area contributed by atoms with E-state index < -0.39 is 11.5 Å². The van der Waals surface area contributed by atoms with E-state index >= 15 is 0 Å². The maximum absolute atomic E-state index is 13.5. The fourth-order valence-corrected chi connectivity index (χ4v) is 4.28. The van der Waals surface area contributed by atoms with Crippen LogP contribution in [-0.2, 0) is 0 Å². The first-order chi connectivity index (χ1) is 18.5. The molecular formula is C29H19N3O6. The van der Waals surface area contributed by atoms with Gasteiger partial charge in [-0.25, -0.2) is 9.78 Å². The lowest BCUT2D eigenvalue weighted by molar-refractivity contribution is 0.0697. The third-order valence-electron chi connectivity index (χ3n) is 6.07. The number of rotatable bonds is 6. The van der Waals surface area contributed by atoms with E-state index in [2.05, 4.69) is 10.1 Å². The van der Waals surface area contributed by atoms with Crippen LogP contribution in [0.1, 0.15) is 16.1 Å². The molecular weight excluding hydrogens is 486 g/mol. The molecule has 0 saturated heterocycles. The molecule has 9 nitrogen and oxygen atoms in total. The largest absolute Gasteiger partial charge is 0.496 e. The Kier molecular flexibility index (Phi) is 5.57. The highest BCUT2D eigenvalue weighted by molar-refractivity contribution is 5.95. The van der Waals surface area contributed by atoms with Crippen molar-refractivity contribution in [2.45, 2.75) is 0 Å². The smallest absolute Gasteiger partial charge is 0.336 e. The number of methoxy groups -OCH3 is 1. The molecule has 6 aromatic rings. The molecule has 0 aliphatic heterocycles. The number of nitrogens with zero attached hydrogens (tertiary/aromatic N) is 3. The third kappa shape index (κ3) is 3.92. The molecule has 0 fully saturated rings. The van der Waals surface area contributed by atoms with Crippen LogP contribution in [0.3, 0.4) is 0 Å². The second-order valence-electron chi connectivity index (χ2n) is 8.35. The first-order valence-corrected chi connectivity index (χ1v) is 11.6. The summed E-state index contributed by atoms with van der Waals surface area (Å²) in [6.07, 6.45) is 1.37. The summed E-state index contributed by atoms with van der Waals surface area (Å²) in [6.45, 7) is 0. The second kappa shape index (κ2) is 9.21. The van der Waals surface area contributed by atoms with Gasteiger partial charge in [-0.3, -0.25) is 4.79 Å². The number of hydrogen-bond acceptors (Lipinski definition) is 7. The monoisotopic (exact) mass is 505 g/mol. The van der Waals surface area contributed by atoms with Gasteiger partial charge in [-0.1, -0.05) is 36.4 Å². The molecule has 0 saturated carbocycles. The molecule has 6 rings (SSSR count). The van der Waals surface area contributed by atoms with Crippen LogP contribution < -0.4 is 10.3 Å². The van der Waals surface area contributed by atoms with Gasteiger partial charge >= 0.3 is 5.97 Å². The average Bonchev–Trinajstić information content (AvgIpc) is 3.60. The van der Waals surface area contributed by atoms with E-state index in [9.17, 15) is 14.7 Å². The topological polar surface area (TPSA) is 120 Å². The highest BCUT2D eigenvalue weighted by Gasteiger charge is 2.18. The Morgan fingerprint density at radius 3 is 2.61 bits per heavy atom. The van der Waals surface area contributed by atoms with Crippen molar-refractivity contribution in [2.24, 2.45) is 5.10 Å². The number of ether oxygens (including phenoxy) is 1. The van der Waals surface area contributed by atoms with E-state index in [-0.39, 0.29) is 11.4 Å². The predicted octanol–water partition coefficient (Wildman–Crippen LogP) is 5.66. The lowest BCUT2D eigenvalue weighted by Crippen LogP contribution is -2.20. The highest BCUT2D eigenvalue weighted by Crippen LogP contribution is 2.33. The molecule has 0 radical (unpaired) electrons.